The molecule has 0 bridgehead atoms. The van der Waals surface area contributed by atoms with Gasteiger partial charge in [-0.15, -0.1) is 0 Å². The second-order valence-electron chi connectivity index (χ2n) is 5.31. The maximum absolute atomic E-state index is 12.4. The van der Waals surface area contributed by atoms with Crippen LogP contribution >= 0.6 is 23.2 Å². The van der Waals surface area contributed by atoms with Crippen molar-refractivity contribution in [2.24, 2.45) is 21.1 Å². The van der Waals surface area contributed by atoms with Gasteiger partial charge in [0.05, 0.1) is 0 Å². The summed E-state index contributed by atoms with van der Waals surface area (Å²) in [7, 11) is 4.62. The Kier molecular flexibility index (Phi) is 3.61. The van der Waals surface area contributed by atoms with E-state index in [0.29, 0.717) is 5.56 Å². The molecule has 0 aliphatic heterocycles. The Balaban J connectivity index is 2.40. The van der Waals surface area contributed by atoms with Crippen molar-refractivity contribution in [1.82, 2.24) is 18.7 Å². The molecule has 3 aromatic rings. The minimum Gasteiger partial charge on any atom is -0.322 e. The van der Waals surface area contributed by atoms with Crippen LogP contribution in [0.1, 0.15) is 11.4 Å². The van der Waals surface area contributed by atoms with Crippen molar-refractivity contribution in [2.45, 2.75) is 4.33 Å². The number of aromatic nitrogens is 4. The van der Waals surface area contributed by atoms with Crippen LogP contribution in [0.25, 0.3) is 11.2 Å². The van der Waals surface area contributed by atoms with Crippen LogP contribution in [0.15, 0.2) is 39.9 Å². The molecule has 2 heterocycles. The fourth-order valence-corrected chi connectivity index (χ4v) is 3.17. The van der Waals surface area contributed by atoms with E-state index in [-0.39, 0.29) is 17.0 Å². The van der Waals surface area contributed by atoms with Crippen LogP contribution in [-0.2, 0) is 25.5 Å². The molecule has 3 rings (SSSR count). The lowest BCUT2D eigenvalue weighted by Gasteiger charge is -2.19. The number of fused-ring (bicyclic) bond motifs is 1. The number of imidazole rings is 1. The zero-order valence-corrected chi connectivity index (χ0v) is 14.3. The molecular formula is C15H14Cl2N4O2. The highest BCUT2D eigenvalue weighted by atomic mass is 35.5. The van der Waals surface area contributed by atoms with Crippen molar-refractivity contribution in [2.75, 3.05) is 0 Å². The lowest BCUT2D eigenvalue weighted by Crippen LogP contribution is -2.37. The normalized spacial score (nSPS) is 12.0. The molecule has 6 nitrogen and oxygen atoms in total. The average molecular weight is 353 g/mol. The van der Waals surface area contributed by atoms with E-state index in [2.05, 4.69) is 4.98 Å². The predicted molar refractivity (Wildman–Crippen MR) is 90.1 cm³/mol. The largest absolute Gasteiger partial charge is 0.332 e. The van der Waals surface area contributed by atoms with Gasteiger partial charge >= 0.3 is 5.69 Å². The lowest BCUT2D eigenvalue weighted by molar-refractivity contribution is 0.705. The highest BCUT2D eigenvalue weighted by Crippen LogP contribution is 2.40. The Hall–Kier alpha value is -2.05. The molecule has 0 saturated heterocycles. The van der Waals surface area contributed by atoms with Crippen molar-refractivity contribution in [1.29, 1.82) is 0 Å². The molecular weight excluding hydrogens is 339 g/mol. The van der Waals surface area contributed by atoms with Gasteiger partial charge in [0.15, 0.2) is 21.3 Å². The Morgan fingerprint density at radius 3 is 2.17 bits per heavy atom. The van der Waals surface area contributed by atoms with Gasteiger partial charge in [-0.3, -0.25) is 13.9 Å². The van der Waals surface area contributed by atoms with Crippen LogP contribution in [-0.4, -0.2) is 18.7 Å². The van der Waals surface area contributed by atoms with Crippen molar-refractivity contribution < 1.29 is 0 Å². The van der Waals surface area contributed by atoms with E-state index in [1.165, 1.54) is 16.2 Å². The molecule has 2 aromatic heterocycles. The Morgan fingerprint density at radius 1 is 0.957 bits per heavy atom. The fourth-order valence-electron chi connectivity index (χ4n) is 2.58. The Bertz CT molecular complexity index is 1020. The third-order valence-corrected chi connectivity index (χ3v) is 4.67. The van der Waals surface area contributed by atoms with E-state index in [1.54, 1.807) is 26.2 Å². The number of halogens is 2. The van der Waals surface area contributed by atoms with Crippen molar-refractivity contribution in [3.63, 3.8) is 0 Å². The molecule has 0 aliphatic rings. The maximum atomic E-state index is 12.4. The smallest absolute Gasteiger partial charge is 0.322 e. The molecule has 0 unspecified atom stereocenters. The summed E-state index contributed by atoms with van der Waals surface area (Å²) < 4.78 is 2.41. The Morgan fingerprint density at radius 2 is 1.57 bits per heavy atom. The van der Waals surface area contributed by atoms with Gasteiger partial charge in [0, 0.05) is 21.1 Å². The van der Waals surface area contributed by atoms with E-state index in [9.17, 15) is 9.59 Å². The summed E-state index contributed by atoms with van der Waals surface area (Å²) >= 11 is 13.1. The van der Waals surface area contributed by atoms with Crippen molar-refractivity contribution in [3.05, 3.63) is 62.6 Å². The molecule has 0 N–H and O–H groups in total. The second-order valence-corrected chi connectivity index (χ2v) is 6.64. The van der Waals surface area contributed by atoms with E-state index in [4.69, 9.17) is 23.2 Å². The molecule has 0 atom stereocenters. The quantitative estimate of drug-likeness (QED) is 0.658. The second kappa shape index (κ2) is 5.25. The third-order valence-electron chi connectivity index (χ3n) is 3.89. The van der Waals surface area contributed by atoms with Crippen LogP contribution in [0, 0.1) is 0 Å². The molecule has 1 aromatic carbocycles. The first-order valence-corrected chi connectivity index (χ1v) is 7.58. The Labute approximate surface area is 141 Å². The van der Waals surface area contributed by atoms with Gasteiger partial charge in [0.2, 0.25) is 0 Å². The number of alkyl halides is 2. The number of nitrogens with zero attached hydrogens (tertiary/aromatic N) is 4. The highest BCUT2D eigenvalue weighted by molar-refractivity contribution is 6.49. The van der Waals surface area contributed by atoms with Crippen LogP contribution in [0.5, 0.6) is 0 Å². The van der Waals surface area contributed by atoms with Crippen LogP contribution in [0.3, 0.4) is 0 Å². The lowest BCUT2D eigenvalue weighted by atomic mass is 10.1. The summed E-state index contributed by atoms with van der Waals surface area (Å²) in [5, 5.41) is 0. The summed E-state index contributed by atoms with van der Waals surface area (Å²) in [4.78, 5) is 28.8. The monoisotopic (exact) mass is 352 g/mol. The third kappa shape index (κ3) is 2.21. The molecule has 0 saturated carbocycles. The molecule has 0 fully saturated rings. The summed E-state index contributed by atoms with van der Waals surface area (Å²) in [6, 6.07) is 9.02. The first-order valence-electron chi connectivity index (χ1n) is 6.83. The molecule has 0 radical (unpaired) electrons. The molecule has 0 spiro atoms. The average Bonchev–Trinajstić information content (AvgIpc) is 2.90. The van der Waals surface area contributed by atoms with E-state index >= 15 is 0 Å². The number of aryl methyl sites for hydroxylation is 2. The number of hydrogen-bond acceptors (Lipinski definition) is 3. The number of benzene rings is 1. The summed E-state index contributed by atoms with van der Waals surface area (Å²) in [6.45, 7) is 0. The van der Waals surface area contributed by atoms with E-state index in [1.807, 2.05) is 18.2 Å². The van der Waals surface area contributed by atoms with Crippen molar-refractivity contribution in [3.8, 4) is 0 Å². The van der Waals surface area contributed by atoms with E-state index in [0.717, 1.165) is 4.57 Å². The molecule has 8 heteroatoms. The van der Waals surface area contributed by atoms with Gasteiger partial charge < -0.3 is 4.57 Å². The fraction of sp³-hybridized carbons (Fsp3) is 0.267. The number of rotatable bonds is 2. The van der Waals surface area contributed by atoms with Gasteiger partial charge in [-0.1, -0.05) is 53.5 Å². The maximum Gasteiger partial charge on any atom is 0.332 e. The standard InChI is InChI=1S/C15H14Cl2N4O2/c1-19-10-11(20(2)14(23)21(3)12(10)22)18-13(19)15(16,17)9-7-5-4-6-8-9/h4-8H,1-3H3. The number of hydrogen-bond donors (Lipinski definition) is 0. The highest BCUT2D eigenvalue weighted by Gasteiger charge is 2.35. The molecule has 120 valence electrons. The van der Waals surface area contributed by atoms with Crippen LogP contribution < -0.4 is 11.2 Å². The van der Waals surface area contributed by atoms with Gasteiger partial charge in [0.25, 0.3) is 5.56 Å². The van der Waals surface area contributed by atoms with Gasteiger partial charge in [-0.25, -0.2) is 9.78 Å². The summed E-state index contributed by atoms with van der Waals surface area (Å²) in [6.07, 6.45) is 0. The molecule has 0 aliphatic carbocycles. The van der Waals surface area contributed by atoms with Crippen LogP contribution in [0.2, 0.25) is 0 Å². The SMILES string of the molecule is Cn1c(=O)c2c(nc(C(Cl)(Cl)c3ccccc3)n2C)n(C)c1=O. The zero-order chi connectivity index (χ0) is 16.9. The molecule has 0 amide bonds. The molecule has 23 heavy (non-hydrogen) atoms. The predicted octanol–water partition coefficient (Wildman–Crippen LogP) is 1.65. The van der Waals surface area contributed by atoms with E-state index < -0.39 is 15.6 Å². The minimum atomic E-state index is -1.45. The topological polar surface area (TPSA) is 61.8 Å². The minimum absolute atomic E-state index is 0.247. The van der Waals surface area contributed by atoms with Crippen LogP contribution in [0.4, 0.5) is 0 Å². The zero-order valence-electron chi connectivity index (χ0n) is 12.7. The van der Waals surface area contributed by atoms with Gasteiger partial charge in [-0.2, -0.15) is 0 Å². The van der Waals surface area contributed by atoms with Crippen molar-refractivity contribution >= 4 is 34.4 Å². The summed E-state index contributed by atoms with van der Waals surface area (Å²) in [5.74, 6) is 0.278. The van der Waals surface area contributed by atoms with Gasteiger partial charge in [-0.05, 0) is 5.56 Å². The summed E-state index contributed by atoms with van der Waals surface area (Å²) in [5.41, 5.74) is 0.245. The first kappa shape index (κ1) is 15.8. The van der Waals surface area contributed by atoms with Gasteiger partial charge in [0.1, 0.15) is 0 Å². The first-order chi connectivity index (χ1) is 10.8.